The van der Waals surface area contributed by atoms with Gasteiger partial charge in [-0.15, -0.1) is 0 Å². The topological polar surface area (TPSA) is 55.1 Å². The van der Waals surface area contributed by atoms with Gasteiger partial charge in [-0.1, -0.05) is 48.8 Å². The molecule has 94 valence electrons. The molecule has 0 saturated heterocycles. The number of amides is 1. The van der Waals surface area contributed by atoms with Crippen LogP contribution in [0.5, 0.6) is 0 Å². The summed E-state index contributed by atoms with van der Waals surface area (Å²) in [5.41, 5.74) is 2.95. The fraction of sp³-hybridized carbons (Fsp3) is 0.286. The van der Waals surface area contributed by atoms with E-state index in [1.807, 2.05) is 45.0 Å². The molecular weight excluding hydrogens is 228 g/mol. The molecule has 0 aliphatic heterocycles. The molecule has 2 aromatic rings. The molecule has 0 atom stereocenters. The van der Waals surface area contributed by atoms with Gasteiger partial charge in [0.1, 0.15) is 0 Å². The lowest BCUT2D eigenvalue weighted by Gasteiger charge is -2.06. The van der Waals surface area contributed by atoms with Crippen LogP contribution in [0.4, 0.5) is 5.88 Å². The minimum absolute atomic E-state index is 0.0832. The molecule has 0 aliphatic carbocycles. The SMILES string of the molecule is Cc1ccc(-c2cnoc2NC(=O)C(C)C)cc1. The number of nitrogens with one attached hydrogen (secondary N) is 1. The normalized spacial score (nSPS) is 10.7. The Balaban J connectivity index is 2.27. The number of rotatable bonds is 3. The summed E-state index contributed by atoms with van der Waals surface area (Å²) in [5, 5.41) is 6.48. The fourth-order valence-corrected chi connectivity index (χ4v) is 1.52. The Labute approximate surface area is 106 Å². The lowest BCUT2D eigenvalue weighted by Crippen LogP contribution is -2.17. The zero-order valence-electron chi connectivity index (χ0n) is 10.7. The van der Waals surface area contributed by atoms with Crippen molar-refractivity contribution in [3.8, 4) is 11.1 Å². The van der Waals surface area contributed by atoms with Crippen molar-refractivity contribution < 1.29 is 9.32 Å². The van der Waals surface area contributed by atoms with Gasteiger partial charge in [0.15, 0.2) is 0 Å². The van der Waals surface area contributed by atoms with E-state index in [1.165, 1.54) is 5.56 Å². The van der Waals surface area contributed by atoms with Crippen molar-refractivity contribution in [1.29, 1.82) is 0 Å². The van der Waals surface area contributed by atoms with E-state index in [-0.39, 0.29) is 11.8 Å². The molecule has 0 bridgehead atoms. The maximum atomic E-state index is 11.6. The minimum Gasteiger partial charge on any atom is -0.338 e. The van der Waals surface area contributed by atoms with E-state index in [0.29, 0.717) is 5.88 Å². The Hall–Kier alpha value is -2.10. The lowest BCUT2D eigenvalue weighted by molar-refractivity contribution is -0.119. The van der Waals surface area contributed by atoms with E-state index in [0.717, 1.165) is 11.1 Å². The molecule has 0 unspecified atom stereocenters. The third-order valence-electron chi connectivity index (χ3n) is 2.69. The maximum Gasteiger partial charge on any atom is 0.239 e. The van der Waals surface area contributed by atoms with Gasteiger partial charge in [0.05, 0.1) is 11.8 Å². The first-order valence-electron chi connectivity index (χ1n) is 5.90. The molecule has 18 heavy (non-hydrogen) atoms. The molecule has 1 aromatic carbocycles. The zero-order chi connectivity index (χ0) is 13.1. The number of carbonyl (C=O) groups is 1. The van der Waals surface area contributed by atoms with Gasteiger partial charge in [0.25, 0.3) is 0 Å². The van der Waals surface area contributed by atoms with E-state index in [2.05, 4.69) is 10.5 Å². The second-order valence-corrected chi connectivity index (χ2v) is 4.58. The van der Waals surface area contributed by atoms with Crippen molar-refractivity contribution in [3.63, 3.8) is 0 Å². The highest BCUT2D eigenvalue weighted by molar-refractivity contribution is 5.94. The van der Waals surface area contributed by atoms with Gasteiger partial charge in [-0.25, -0.2) is 0 Å². The summed E-state index contributed by atoms with van der Waals surface area (Å²) in [7, 11) is 0. The maximum absolute atomic E-state index is 11.6. The third kappa shape index (κ3) is 2.59. The summed E-state index contributed by atoms with van der Waals surface area (Å²) in [6.45, 7) is 5.69. The van der Waals surface area contributed by atoms with Gasteiger partial charge in [-0.05, 0) is 12.5 Å². The van der Waals surface area contributed by atoms with E-state index in [4.69, 9.17) is 4.52 Å². The van der Waals surface area contributed by atoms with Crippen LogP contribution in [0.2, 0.25) is 0 Å². The van der Waals surface area contributed by atoms with Crippen LogP contribution in [0.3, 0.4) is 0 Å². The van der Waals surface area contributed by atoms with Crippen molar-refractivity contribution in [2.45, 2.75) is 20.8 Å². The Morgan fingerprint density at radius 1 is 1.28 bits per heavy atom. The second-order valence-electron chi connectivity index (χ2n) is 4.58. The zero-order valence-corrected chi connectivity index (χ0v) is 10.7. The number of hydrogen-bond donors (Lipinski definition) is 1. The molecule has 1 N–H and O–H groups in total. The summed E-state index contributed by atoms with van der Waals surface area (Å²) < 4.78 is 5.09. The number of hydrogen-bond acceptors (Lipinski definition) is 3. The Morgan fingerprint density at radius 3 is 2.56 bits per heavy atom. The van der Waals surface area contributed by atoms with Crippen LogP contribution in [0.25, 0.3) is 11.1 Å². The molecular formula is C14H16N2O2. The predicted octanol–water partition coefficient (Wildman–Crippen LogP) is 3.24. The molecule has 1 amide bonds. The monoisotopic (exact) mass is 244 g/mol. The number of benzene rings is 1. The molecule has 1 heterocycles. The van der Waals surface area contributed by atoms with Crippen LogP contribution in [0, 0.1) is 12.8 Å². The predicted molar refractivity (Wildman–Crippen MR) is 70.1 cm³/mol. The smallest absolute Gasteiger partial charge is 0.239 e. The number of aryl methyl sites for hydroxylation is 1. The molecule has 1 aromatic heterocycles. The molecule has 0 saturated carbocycles. The highest BCUT2D eigenvalue weighted by Gasteiger charge is 2.15. The number of anilines is 1. The average Bonchev–Trinajstić information content (AvgIpc) is 2.78. The molecule has 0 aliphatic rings. The van der Waals surface area contributed by atoms with E-state index in [9.17, 15) is 4.79 Å². The van der Waals surface area contributed by atoms with Crippen LogP contribution < -0.4 is 5.32 Å². The summed E-state index contributed by atoms with van der Waals surface area (Å²) in [5.74, 6) is 0.221. The highest BCUT2D eigenvalue weighted by Crippen LogP contribution is 2.28. The van der Waals surface area contributed by atoms with Crippen LogP contribution >= 0.6 is 0 Å². The van der Waals surface area contributed by atoms with Crippen LogP contribution in [-0.2, 0) is 4.79 Å². The van der Waals surface area contributed by atoms with Crippen LogP contribution in [-0.4, -0.2) is 11.1 Å². The average molecular weight is 244 g/mol. The standard InChI is InChI=1S/C14H16N2O2/c1-9(2)13(17)16-14-12(8-15-18-14)11-6-4-10(3)5-7-11/h4-9H,1-3H3,(H,16,17). The first kappa shape index (κ1) is 12.4. The molecule has 4 nitrogen and oxygen atoms in total. The molecule has 0 radical (unpaired) electrons. The highest BCUT2D eigenvalue weighted by atomic mass is 16.5. The number of nitrogens with zero attached hydrogens (tertiary/aromatic N) is 1. The van der Waals surface area contributed by atoms with E-state index >= 15 is 0 Å². The van der Waals surface area contributed by atoms with Gasteiger partial charge in [-0.2, -0.15) is 0 Å². The number of aromatic nitrogens is 1. The van der Waals surface area contributed by atoms with Crippen molar-refractivity contribution in [2.75, 3.05) is 5.32 Å². The first-order valence-corrected chi connectivity index (χ1v) is 5.90. The third-order valence-corrected chi connectivity index (χ3v) is 2.69. The molecule has 0 spiro atoms. The second kappa shape index (κ2) is 5.04. The minimum atomic E-state index is -0.0963. The van der Waals surface area contributed by atoms with Gasteiger partial charge in [0.2, 0.25) is 11.8 Å². The lowest BCUT2D eigenvalue weighted by atomic mass is 10.1. The summed E-state index contributed by atoms with van der Waals surface area (Å²) in [6, 6.07) is 7.98. The molecule has 4 heteroatoms. The first-order chi connectivity index (χ1) is 8.58. The van der Waals surface area contributed by atoms with Crippen molar-refractivity contribution in [3.05, 3.63) is 36.0 Å². The number of carbonyl (C=O) groups excluding carboxylic acids is 1. The summed E-state index contributed by atoms with van der Waals surface area (Å²) in [4.78, 5) is 11.6. The summed E-state index contributed by atoms with van der Waals surface area (Å²) in [6.07, 6.45) is 1.61. The van der Waals surface area contributed by atoms with Gasteiger partial charge in [0, 0.05) is 5.92 Å². The Kier molecular flexibility index (Phi) is 3.46. The van der Waals surface area contributed by atoms with Gasteiger partial charge in [-0.3, -0.25) is 10.1 Å². The van der Waals surface area contributed by atoms with Crippen molar-refractivity contribution in [1.82, 2.24) is 5.16 Å². The van der Waals surface area contributed by atoms with E-state index < -0.39 is 0 Å². The van der Waals surface area contributed by atoms with Gasteiger partial charge < -0.3 is 4.52 Å². The fourth-order valence-electron chi connectivity index (χ4n) is 1.52. The molecule has 2 rings (SSSR count). The van der Waals surface area contributed by atoms with E-state index in [1.54, 1.807) is 6.20 Å². The van der Waals surface area contributed by atoms with Crippen LogP contribution in [0.15, 0.2) is 35.0 Å². The van der Waals surface area contributed by atoms with Crippen molar-refractivity contribution in [2.24, 2.45) is 5.92 Å². The van der Waals surface area contributed by atoms with Crippen molar-refractivity contribution >= 4 is 11.8 Å². The van der Waals surface area contributed by atoms with Crippen LogP contribution in [0.1, 0.15) is 19.4 Å². The van der Waals surface area contributed by atoms with Gasteiger partial charge >= 0.3 is 0 Å². The Morgan fingerprint density at radius 2 is 1.94 bits per heavy atom. The Bertz CT molecular complexity index is 541. The largest absolute Gasteiger partial charge is 0.338 e. The quantitative estimate of drug-likeness (QED) is 0.901. The summed E-state index contributed by atoms with van der Waals surface area (Å²) >= 11 is 0. The molecule has 0 fully saturated rings.